The Bertz CT molecular complexity index is 696. The number of aromatic nitrogens is 3. The second kappa shape index (κ2) is 3.54. The van der Waals surface area contributed by atoms with Crippen LogP contribution < -0.4 is 0 Å². The summed E-state index contributed by atoms with van der Waals surface area (Å²) in [6.07, 6.45) is 1.62. The Morgan fingerprint density at radius 2 is 1.81 bits per heavy atom. The molecule has 0 saturated heterocycles. The number of hydrogen-bond acceptors (Lipinski definition) is 3. The molecule has 0 aliphatic carbocycles. The Morgan fingerprint density at radius 3 is 2.69 bits per heavy atom. The first-order valence-corrected chi connectivity index (χ1v) is 5.37. The summed E-state index contributed by atoms with van der Waals surface area (Å²) in [6, 6.07) is 7.24. The van der Waals surface area contributed by atoms with E-state index in [0.717, 1.165) is 10.8 Å². The summed E-state index contributed by atoms with van der Waals surface area (Å²) in [5.74, 6) is 0. The average molecular weight is 250 g/mol. The summed E-state index contributed by atoms with van der Waals surface area (Å²) in [5.41, 5.74) is 1.16. The van der Waals surface area contributed by atoms with Crippen LogP contribution in [0.15, 0.2) is 30.5 Å². The van der Waals surface area contributed by atoms with E-state index in [1.165, 1.54) is 0 Å². The average Bonchev–Trinajstić information content (AvgIpc) is 2.27. The van der Waals surface area contributed by atoms with Gasteiger partial charge in [0, 0.05) is 17.0 Å². The van der Waals surface area contributed by atoms with Gasteiger partial charge in [-0.1, -0.05) is 23.2 Å². The minimum atomic E-state index is 0.418. The fourth-order valence-corrected chi connectivity index (χ4v) is 1.89. The van der Waals surface area contributed by atoms with Crippen molar-refractivity contribution in [3.63, 3.8) is 0 Å². The summed E-state index contributed by atoms with van der Waals surface area (Å²) >= 11 is 11.9. The monoisotopic (exact) mass is 249 g/mol. The van der Waals surface area contributed by atoms with Gasteiger partial charge in [-0.05, 0) is 24.3 Å². The van der Waals surface area contributed by atoms with E-state index in [2.05, 4.69) is 15.0 Å². The highest BCUT2D eigenvalue weighted by atomic mass is 35.5. The van der Waals surface area contributed by atoms with E-state index in [9.17, 15) is 0 Å². The normalized spacial score (nSPS) is 11.1. The van der Waals surface area contributed by atoms with Gasteiger partial charge in [0.15, 0.2) is 11.3 Å². The molecule has 0 radical (unpaired) electrons. The molecule has 0 fully saturated rings. The number of nitrogens with zero attached hydrogens (tertiary/aromatic N) is 3. The highest BCUT2D eigenvalue weighted by Gasteiger charge is 2.05. The first-order valence-electron chi connectivity index (χ1n) is 4.61. The molecule has 0 atom stereocenters. The van der Waals surface area contributed by atoms with Gasteiger partial charge in [-0.3, -0.25) is 0 Å². The molecule has 5 heteroatoms. The molecule has 3 heterocycles. The molecule has 0 aliphatic rings. The van der Waals surface area contributed by atoms with Gasteiger partial charge >= 0.3 is 0 Å². The van der Waals surface area contributed by atoms with Gasteiger partial charge in [0.25, 0.3) is 0 Å². The van der Waals surface area contributed by atoms with E-state index in [1.807, 2.05) is 12.1 Å². The predicted molar refractivity (Wildman–Crippen MR) is 64.9 cm³/mol. The van der Waals surface area contributed by atoms with Gasteiger partial charge in [0.2, 0.25) is 0 Å². The molecule has 3 rings (SSSR count). The van der Waals surface area contributed by atoms with E-state index in [4.69, 9.17) is 23.2 Å². The lowest BCUT2D eigenvalue weighted by atomic mass is 10.2. The maximum absolute atomic E-state index is 6.06. The largest absolute Gasteiger partial charge is 0.236 e. The van der Waals surface area contributed by atoms with Crippen LogP contribution in [-0.2, 0) is 0 Å². The Labute approximate surface area is 101 Å². The van der Waals surface area contributed by atoms with Gasteiger partial charge in [0.05, 0.1) is 5.02 Å². The van der Waals surface area contributed by atoms with E-state index in [1.54, 1.807) is 18.3 Å². The topological polar surface area (TPSA) is 38.7 Å². The Hall–Kier alpha value is -1.45. The standard InChI is InChI=1S/C11H5Cl2N3/c12-8-3-4-14-11-7(8)5-6-1-2-9(13)15-10(6)16-11/h1-5H. The van der Waals surface area contributed by atoms with Crippen molar-refractivity contribution >= 4 is 45.3 Å². The molecule has 0 aliphatic heterocycles. The molecule has 0 aromatic carbocycles. The minimum absolute atomic E-state index is 0.418. The minimum Gasteiger partial charge on any atom is -0.236 e. The molecule has 0 N–H and O–H groups in total. The van der Waals surface area contributed by atoms with Gasteiger partial charge in [-0.2, -0.15) is 0 Å². The number of rotatable bonds is 0. The number of hydrogen-bond donors (Lipinski definition) is 0. The van der Waals surface area contributed by atoms with Crippen molar-refractivity contribution in [2.45, 2.75) is 0 Å². The second-order valence-electron chi connectivity index (χ2n) is 3.33. The van der Waals surface area contributed by atoms with E-state index < -0.39 is 0 Å². The SMILES string of the molecule is Clc1ccc2cc3c(Cl)ccnc3nc2n1. The van der Waals surface area contributed by atoms with Crippen LogP contribution in [0.2, 0.25) is 10.2 Å². The predicted octanol–water partition coefficient (Wildman–Crippen LogP) is 3.48. The molecule has 3 aromatic heterocycles. The van der Waals surface area contributed by atoms with E-state index >= 15 is 0 Å². The smallest absolute Gasteiger partial charge is 0.163 e. The van der Waals surface area contributed by atoms with Crippen molar-refractivity contribution in [3.8, 4) is 0 Å². The Kier molecular flexibility index (Phi) is 2.16. The molecule has 0 unspecified atom stereocenters. The zero-order valence-corrected chi connectivity index (χ0v) is 9.50. The van der Waals surface area contributed by atoms with Crippen LogP contribution in [0.5, 0.6) is 0 Å². The van der Waals surface area contributed by atoms with Crippen molar-refractivity contribution in [2.24, 2.45) is 0 Å². The molecule has 0 bridgehead atoms. The van der Waals surface area contributed by atoms with Crippen LogP contribution in [0.1, 0.15) is 0 Å². The number of pyridine rings is 3. The van der Waals surface area contributed by atoms with Crippen LogP contribution in [0.25, 0.3) is 22.1 Å². The van der Waals surface area contributed by atoms with Crippen molar-refractivity contribution in [1.82, 2.24) is 15.0 Å². The highest BCUT2D eigenvalue weighted by Crippen LogP contribution is 2.24. The van der Waals surface area contributed by atoms with Gasteiger partial charge in [0.1, 0.15) is 5.15 Å². The first-order chi connectivity index (χ1) is 7.74. The van der Waals surface area contributed by atoms with Crippen LogP contribution in [0, 0.1) is 0 Å². The fourth-order valence-electron chi connectivity index (χ4n) is 1.56. The molecular formula is C11H5Cl2N3. The zero-order valence-electron chi connectivity index (χ0n) is 7.98. The van der Waals surface area contributed by atoms with E-state index in [0.29, 0.717) is 21.5 Å². The summed E-state index contributed by atoms with van der Waals surface area (Å²) < 4.78 is 0. The van der Waals surface area contributed by atoms with Crippen LogP contribution in [0.4, 0.5) is 0 Å². The lowest BCUT2D eigenvalue weighted by molar-refractivity contribution is 1.27. The summed E-state index contributed by atoms with van der Waals surface area (Å²) in [5, 5.41) is 2.77. The molecule has 0 spiro atoms. The van der Waals surface area contributed by atoms with Crippen LogP contribution >= 0.6 is 23.2 Å². The molecule has 78 valence electrons. The lowest BCUT2D eigenvalue weighted by Gasteiger charge is -2.01. The second-order valence-corrected chi connectivity index (χ2v) is 4.13. The van der Waals surface area contributed by atoms with Crippen molar-refractivity contribution in [3.05, 3.63) is 40.6 Å². The van der Waals surface area contributed by atoms with E-state index in [-0.39, 0.29) is 0 Å². The lowest BCUT2D eigenvalue weighted by Crippen LogP contribution is -1.89. The van der Waals surface area contributed by atoms with Crippen molar-refractivity contribution < 1.29 is 0 Å². The maximum atomic E-state index is 6.06. The Morgan fingerprint density at radius 1 is 0.938 bits per heavy atom. The quantitative estimate of drug-likeness (QED) is 0.452. The molecule has 3 nitrogen and oxygen atoms in total. The fraction of sp³-hybridized carbons (Fsp3) is 0. The summed E-state index contributed by atoms with van der Waals surface area (Å²) in [6.45, 7) is 0. The van der Waals surface area contributed by atoms with Gasteiger partial charge < -0.3 is 0 Å². The third-order valence-electron chi connectivity index (χ3n) is 2.30. The molecule has 0 saturated carbocycles. The third-order valence-corrected chi connectivity index (χ3v) is 2.84. The summed E-state index contributed by atoms with van der Waals surface area (Å²) in [4.78, 5) is 12.6. The number of halogens is 2. The zero-order chi connectivity index (χ0) is 11.1. The van der Waals surface area contributed by atoms with Gasteiger partial charge in [-0.15, -0.1) is 0 Å². The van der Waals surface area contributed by atoms with Crippen LogP contribution in [0.3, 0.4) is 0 Å². The number of fused-ring (bicyclic) bond motifs is 2. The summed E-state index contributed by atoms with van der Waals surface area (Å²) in [7, 11) is 0. The highest BCUT2D eigenvalue weighted by molar-refractivity contribution is 6.35. The molecule has 3 aromatic rings. The molecule has 0 amide bonds. The Balaban J connectivity index is 2.49. The van der Waals surface area contributed by atoms with Crippen molar-refractivity contribution in [2.75, 3.05) is 0 Å². The molecular weight excluding hydrogens is 245 g/mol. The first kappa shape index (κ1) is 9.75. The van der Waals surface area contributed by atoms with Gasteiger partial charge in [-0.25, -0.2) is 15.0 Å². The van der Waals surface area contributed by atoms with Crippen molar-refractivity contribution in [1.29, 1.82) is 0 Å². The maximum Gasteiger partial charge on any atom is 0.163 e. The molecule has 16 heavy (non-hydrogen) atoms. The van der Waals surface area contributed by atoms with Crippen LogP contribution in [-0.4, -0.2) is 15.0 Å². The third kappa shape index (κ3) is 1.49.